The molecule has 2 amide bonds. The highest BCUT2D eigenvalue weighted by Crippen LogP contribution is 2.25. The van der Waals surface area contributed by atoms with Crippen LogP contribution in [0.25, 0.3) is 5.69 Å². The normalized spacial score (nSPS) is 17.4. The number of para-hydroxylation sites is 2. The van der Waals surface area contributed by atoms with Gasteiger partial charge in [0, 0.05) is 31.4 Å². The van der Waals surface area contributed by atoms with E-state index in [0.29, 0.717) is 6.54 Å². The van der Waals surface area contributed by atoms with Crippen molar-refractivity contribution in [3.8, 4) is 5.69 Å². The minimum Gasteiger partial charge on any atom is -0.324 e. The molecular formula is C17H19N7O. The minimum absolute atomic E-state index is 0.108. The Morgan fingerprint density at radius 3 is 3.00 bits per heavy atom. The van der Waals surface area contributed by atoms with Gasteiger partial charge >= 0.3 is 6.03 Å². The maximum Gasteiger partial charge on any atom is 0.321 e. The van der Waals surface area contributed by atoms with Crippen LogP contribution in [0, 0.1) is 0 Å². The fourth-order valence-electron chi connectivity index (χ4n) is 3.18. The van der Waals surface area contributed by atoms with Gasteiger partial charge in [-0.1, -0.05) is 12.1 Å². The number of anilines is 1. The number of carbonyl (C=O) groups excluding carboxylic acids is 1. The number of nitrogens with zero attached hydrogens (tertiary/aromatic N) is 5. The number of carbonyl (C=O) groups is 1. The zero-order valence-corrected chi connectivity index (χ0v) is 13.7. The van der Waals surface area contributed by atoms with Crippen LogP contribution in [0.15, 0.2) is 49.1 Å². The van der Waals surface area contributed by atoms with Crippen LogP contribution in [-0.4, -0.2) is 49.0 Å². The van der Waals surface area contributed by atoms with Crippen molar-refractivity contribution in [2.24, 2.45) is 0 Å². The molecule has 1 atom stereocenters. The Morgan fingerprint density at radius 2 is 2.20 bits per heavy atom. The molecule has 0 bridgehead atoms. The fraction of sp³-hybridized carbons (Fsp3) is 0.294. The van der Waals surface area contributed by atoms with Crippen molar-refractivity contribution in [2.75, 3.05) is 18.4 Å². The number of H-pyrrole nitrogens is 1. The summed E-state index contributed by atoms with van der Waals surface area (Å²) in [5, 5.41) is 14.1. The van der Waals surface area contributed by atoms with E-state index in [4.69, 9.17) is 0 Å². The van der Waals surface area contributed by atoms with Gasteiger partial charge in [0.2, 0.25) is 0 Å². The summed E-state index contributed by atoms with van der Waals surface area (Å²) in [7, 11) is 0. The number of hydrogen-bond acceptors (Lipinski definition) is 4. The number of piperidine rings is 1. The van der Waals surface area contributed by atoms with Crippen LogP contribution in [0.3, 0.4) is 0 Å². The molecule has 0 saturated carbocycles. The molecule has 3 heterocycles. The molecule has 128 valence electrons. The van der Waals surface area contributed by atoms with E-state index >= 15 is 0 Å². The number of amides is 2. The van der Waals surface area contributed by atoms with Gasteiger partial charge in [-0.3, -0.25) is 5.10 Å². The molecule has 1 aromatic carbocycles. The number of aromatic amines is 1. The van der Waals surface area contributed by atoms with Crippen molar-refractivity contribution in [1.29, 1.82) is 0 Å². The van der Waals surface area contributed by atoms with Crippen molar-refractivity contribution in [3.05, 3.63) is 54.9 Å². The number of likely N-dealkylation sites (tertiary alicyclic amines) is 1. The average Bonchev–Trinajstić information content (AvgIpc) is 3.36. The number of benzene rings is 1. The van der Waals surface area contributed by atoms with Gasteiger partial charge in [0.25, 0.3) is 0 Å². The lowest BCUT2D eigenvalue weighted by atomic mass is 9.98. The number of nitrogens with one attached hydrogen (secondary N) is 2. The average molecular weight is 337 g/mol. The largest absolute Gasteiger partial charge is 0.324 e. The zero-order chi connectivity index (χ0) is 17.1. The lowest BCUT2D eigenvalue weighted by molar-refractivity contribution is 0.191. The van der Waals surface area contributed by atoms with Crippen LogP contribution < -0.4 is 5.32 Å². The van der Waals surface area contributed by atoms with E-state index in [1.165, 1.54) is 6.33 Å². The molecule has 0 spiro atoms. The maximum atomic E-state index is 12.7. The summed E-state index contributed by atoms with van der Waals surface area (Å²) >= 11 is 0. The van der Waals surface area contributed by atoms with E-state index in [0.717, 1.165) is 36.6 Å². The van der Waals surface area contributed by atoms with E-state index in [9.17, 15) is 4.79 Å². The van der Waals surface area contributed by atoms with Crippen LogP contribution in [0.2, 0.25) is 0 Å². The van der Waals surface area contributed by atoms with Crippen molar-refractivity contribution in [2.45, 2.75) is 18.8 Å². The molecule has 8 heteroatoms. The van der Waals surface area contributed by atoms with Gasteiger partial charge in [0.05, 0.1) is 11.4 Å². The first-order chi connectivity index (χ1) is 12.3. The lowest BCUT2D eigenvalue weighted by Crippen LogP contribution is -2.42. The second kappa shape index (κ2) is 6.76. The smallest absolute Gasteiger partial charge is 0.321 e. The van der Waals surface area contributed by atoms with E-state index in [-0.39, 0.29) is 11.9 Å². The zero-order valence-electron chi connectivity index (χ0n) is 13.7. The summed E-state index contributed by atoms with van der Waals surface area (Å²) in [6, 6.07) is 9.38. The van der Waals surface area contributed by atoms with E-state index in [1.54, 1.807) is 10.9 Å². The van der Waals surface area contributed by atoms with Gasteiger partial charge in [0.15, 0.2) is 0 Å². The van der Waals surface area contributed by atoms with Gasteiger partial charge in [-0.25, -0.2) is 14.5 Å². The summed E-state index contributed by atoms with van der Waals surface area (Å²) in [5.41, 5.74) is 1.57. The molecular weight excluding hydrogens is 318 g/mol. The molecule has 2 aromatic heterocycles. The first kappa shape index (κ1) is 15.4. The van der Waals surface area contributed by atoms with Crippen molar-refractivity contribution in [1.82, 2.24) is 29.9 Å². The third kappa shape index (κ3) is 3.23. The highest BCUT2D eigenvalue weighted by molar-refractivity contribution is 5.91. The first-order valence-electron chi connectivity index (χ1n) is 8.31. The first-order valence-corrected chi connectivity index (χ1v) is 8.31. The molecule has 8 nitrogen and oxygen atoms in total. The standard InChI is InChI=1S/C17H19N7O/c25-17(23-9-3-5-13(11-23)16-18-12-19-22-16)21-14-6-1-2-7-15(14)24-10-4-8-20-24/h1-2,4,6-8,10,12-13H,3,5,9,11H2,(H,21,25)(H,18,19,22). The Morgan fingerprint density at radius 1 is 1.28 bits per heavy atom. The van der Waals surface area contributed by atoms with Gasteiger partial charge in [0.1, 0.15) is 12.2 Å². The predicted octanol–water partition coefficient (Wildman–Crippen LogP) is 2.40. The quantitative estimate of drug-likeness (QED) is 0.768. The van der Waals surface area contributed by atoms with Crippen molar-refractivity contribution >= 4 is 11.7 Å². The van der Waals surface area contributed by atoms with Gasteiger partial charge < -0.3 is 10.2 Å². The molecule has 0 aliphatic carbocycles. The van der Waals surface area contributed by atoms with Crippen LogP contribution >= 0.6 is 0 Å². The number of aromatic nitrogens is 5. The second-order valence-corrected chi connectivity index (χ2v) is 6.05. The van der Waals surface area contributed by atoms with Crippen molar-refractivity contribution < 1.29 is 4.79 Å². The third-order valence-corrected chi connectivity index (χ3v) is 4.43. The molecule has 1 fully saturated rings. The number of rotatable bonds is 3. The fourth-order valence-corrected chi connectivity index (χ4v) is 3.18. The molecule has 3 aromatic rings. The highest BCUT2D eigenvalue weighted by atomic mass is 16.2. The van der Waals surface area contributed by atoms with E-state index < -0.39 is 0 Å². The van der Waals surface area contributed by atoms with Gasteiger partial charge in [-0.05, 0) is 31.0 Å². The van der Waals surface area contributed by atoms with Crippen LogP contribution in [0.4, 0.5) is 10.5 Å². The number of hydrogen-bond donors (Lipinski definition) is 2. The Labute approximate surface area is 144 Å². The Bertz CT molecular complexity index is 829. The molecule has 1 saturated heterocycles. The highest BCUT2D eigenvalue weighted by Gasteiger charge is 2.26. The molecule has 2 N–H and O–H groups in total. The van der Waals surface area contributed by atoms with E-state index in [2.05, 4.69) is 25.6 Å². The Kier molecular flexibility index (Phi) is 4.16. The Balaban J connectivity index is 1.49. The summed E-state index contributed by atoms with van der Waals surface area (Å²) in [6.45, 7) is 1.37. The van der Waals surface area contributed by atoms with Gasteiger partial charge in [-0.15, -0.1) is 0 Å². The summed E-state index contributed by atoms with van der Waals surface area (Å²) in [5.74, 6) is 1.04. The Hall–Kier alpha value is -3.16. The van der Waals surface area contributed by atoms with Crippen LogP contribution in [0.5, 0.6) is 0 Å². The summed E-state index contributed by atoms with van der Waals surface area (Å²) in [4.78, 5) is 18.8. The third-order valence-electron chi connectivity index (χ3n) is 4.43. The van der Waals surface area contributed by atoms with Crippen molar-refractivity contribution in [3.63, 3.8) is 0 Å². The molecule has 25 heavy (non-hydrogen) atoms. The molecule has 4 rings (SSSR count). The molecule has 1 aliphatic heterocycles. The maximum absolute atomic E-state index is 12.7. The topological polar surface area (TPSA) is 91.7 Å². The second-order valence-electron chi connectivity index (χ2n) is 6.05. The van der Waals surface area contributed by atoms with E-state index in [1.807, 2.05) is 41.4 Å². The SMILES string of the molecule is O=C(Nc1ccccc1-n1cccn1)N1CCCC(c2ncn[nH]2)C1. The predicted molar refractivity (Wildman–Crippen MR) is 92.5 cm³/mol. The summed E-state index contributed by atoms with van der Waals surface area (Å²) < 4.78 is 1.74. The lowest BCUT2D eigenvalue weighted by Gasteiger charge is -2.31. The molecule has 1 unspecified atom stereocenters. The van der Waals surface area contributed by atoms with Crippen LogP contribution in [-0.2, 0) is 0 Å². The number of urea groups is 1. The molecule has 0 radical (unpaired) electrons. The minimum atomic E-state index is -0.108. The molecule has 1 aliphatic rings. The summed E-state index contributed by atoms with van der Waals surface area (Å²) in [6.07, 6.45) is 7.02. The van der Waals surface area contributed by atoms with Gasteiger partial charge in [-0.2, -0.15) is 10.2 Å². The van der Waals surface area contributed by atoms with Crippen LogP contribution in [0.1, 0.15) is 24.6 Å². The monoisotopic (exact) mass is 337 g/mol.